The Morgan fingerprint density at radius 2 is 1.74 bits per heavy atom. The van der Waals surface area contributed by atoms with E-state index in [9.17, 15) is 14.0 Å². The van der Waals surface area contributed by atoms with Crippen LogP contribution in [0.3, 0.4) is 0 Å². The molecule has 5 nitrogen and oxygen atoms in total. The first-order valence-electron chi connectivity index (χ1n) is 6.92. The molecule has 0 aliphatic rings. The zero-order valence-corrected chi connectivity index (χ0v) is 12.5. The lowest BCUT2D eigenvalue weighted by Gasteiger charge is -2.18. The number of benzene rings is 2. The number of rotatable bonds is 6. The highest BCUT2D eigenvalue weighted by Gasteiger charge is 2.19. The summed E-state index contributed by atoms with van der Waals surface area (Å²) in [6, 6.07) is 11.1. The summed E-state index contributed by atoms with van der Waals surface area (Å²) in [6.07, 6.45) is -0.265. The van der Waals surface area contributed by atoms with E-state index in [1.165, 1.54) is 31.4 Å². The van der Waals surface area contributed by atoms with Crippen LogP contribution in [0.4, 0.5) is 4.39 Å². The fourth-order valence-electron chi connectivity index (χ4n) is 2.11. The van der Waals surface area contributed by atoms with Gasteiger partial charge in [0.05, 0.1) is 19.6 Å². The van der Waals surface area contributed by atoms with Crippen LogP contribution in [0.1, 0.15) is 28.4 Å². The summed E-state index contributed by atoms with van der Waals surface area (Å²) in [5.74, 6) is -1.32. The number of carbonyl (C=O) groups is 2. The molecule has 0 heterocycles. The monoisotopic (exact) mass is 317 g/mol. The third-order valence-corrected chi connectivity index (χ3v) is 3.31. The molecule has 0 spiro atoms. The number of hydrogen-bond acceptors (Lipinski definition) is 3. The lowest BCUT2D eigenvalue weighted by atomic mass is 10.0. The predicted octanol–water partition coefficient (Wildman–Crippen LogP) is 2.78. The first kappa shape index (κ1) is 16.5. The Balaban J connectivity index is 2.18. The first-order valence-corrected chi connectivity index (χ1v) is 6.92. The number of hydrogen-bond donors (Lipinski definition) is 2. The molecule has 120 valence electrons. The maximum Gasteiger partial charge on any atom is 0.305 e. The zero-order chi connectivity index (χ0) is 16.8. The third-order valence-electron chi connectivity index (χ3n) is 3.31. The molecule has 6 heteroatoms. The summed E-state index contributed by atoms with van der Waals surface area (Å²) in [5.41, 5.74) is 0.902. The van der Waals surface area contributed by atoms with E-state index < -0.39 is 23.7 Å². The zero-order valence-electron chi connectivity index (χ0n) is 12.5. The minimum absolute atomic E-state index is 0.260. The van der Waals surface area contributed by atoms with Gasteiger partial charge in [0.15, 0.2) is 0 Å². The van der Waals surface area contributed by atoms with Crippen LogP contribution in [0.2, 0.25) is 0 Å². The van der Waals surface area contributed by atoms with Crippen molar-refractivity contribution < 1.29 is 23.8 Å². The molecule has 0 aliphatic carbocycles. The quantitative estimate of drug-likeness (QED) is 0.859. The predicted molar refractivity (Wildman–Crippen MR) is 81.9 cm³/mol. The van der Waals surface area contributed by atoms with Crippen LogP contribution in [0.25, 0.3) is 0 Å². The van der Waals surface area contributed by atoms with Gasteiger partial charge < -0.3 is 15.2 Å². The molecule has 1 atom stereocenters. The van der Waals surface area contributed by atoms with Gasteiger partial charge in [-0.2, -0.15) is 0 Å². The molecule has 0 saturated carbocycles. The number of amides is 1. The summed E-state index contributed by atoms with van der Waals surface area (Å²) < 4.78 is 18.0. The lowest BCUT2D eigenvalue weighted by Crippen LogP contribution is -2.30. The average Bonchev–Trinajstić information content (AvgIpc) is 2.54. The second kappa shape index (κ2) is 7.40. The van der Waals surface area contributed by atoms with Crippen molar-refractivity contribution in [3.63, 3.8) is 0 Å². The number of methoxy groups -OCH3 is 1. The van der Waals surface area contributed by atoms with E-state index in [2.05, 4.69) is 5.32 Å². The van der Waals surface area contributed by atoms with Crippen LogP contribution < -0.4 is 10.1 Å². The van der Waals surface area contributed by atoms with Crippen molar-refractivity contribution in [1.82, 2.24) is 5.32 Å². The van der Waals surface area contributed by atoms with Crippen LogP contribution in [0, 0.1) is 5.82 Å². The van der Waals surface area contributed by atoms with Gasteiger partial charge in [-0.3, -0.25) is 9.59 Å². The molecule has 23 heavy (non-hydrogen) atoms. The van der Waals surface area contributed by atoms with Crippen molar-refractivity contribution in [2.75, 3.05) is 7.11 Å². The molecule has 0 saturated heterocycles. The van der Waals surface area contributed by atoms with E-state index >= 15 is 0 Å². The SMILES string of the molecule is COc1ccc([C@@H](CC(=O)O)NC(=O)c2ccc(F)cc2)cc1. The van der Waals surface area contributed by atoms with Crippen molar-refractivity contribution in [3.8, 4) is 5.75 Å². The summed E-state index contributed by atoms with van der Waals surface area (Å²) in [6.45, 7) is 0. The first-order chi connectivity index (χ1) is 11.0. The number of nitrogens with one attached hydrogen (secondary N) is 1. The normalized spacial score (nSPS) is 11.6. The van der Waals surface area contributed by atoms with Gasteiger partial charge in [-0.1, -0.05) is 12.1 Å². The Morgan fingerprint density at radius 1 is 1.13 bits per heavy atom. The molecule has 2 aromatic rings. The molecule has 1 amide bonds. The second-order valence-corrected chi connectivity index (χ2v) is 4.90. The lowest BCUT2D eigenvalue weighted by molar-refractivity contribution is -0.137. The fraction of sp³-hybridized carbons (Fsp3) is 0.176. The Labute approximate surface area is 132 Å². The number of carboxylic acids is 1. The van der Waals surface area contributed by atoms with Gasteiger partial charge in [-0.25, -0.2) is 4.39 Å². The molecule has 2 aromatic carbocycles. The minimum Gasteiger partial charge on any atom is -0.497 e. The molecule has 2 N–H and O–H groups in total. The summed E-state index contributed by atoms with van der Waals surface area (Å²) >= 11 is 0. The van der Waals surface area contributed by atoms with E-state index in [0.717, 1.165) is 0 Å². The van der Waals surface area contributed by atoms with Crippen molar-refractivity contribution in [2.24, 2.45) is 0 Å². The van der Waals surface area contributed by atoms with Crippen LogP contribution in [0.15, 0.2) is 48.5 Å². The molecule has 0 radical (unpaired) electrons. The van der Waals surface area contributed by atoms with E-state index in [1.54, 1.807) is 24.3 Å². The third kappa shape index (κ3) is 4.54. The van der Waals surface area contributed by atoms with Crippen LogP contribution in [-0.2, 0) is 4.79 Å². The summed E-state index contributed by atoms with van der Waals surface area (Å²) in [4.78, 5) is 23.2. The van der Waals surface area contributed by atoms with Gasteiger partial charge >= 0.3 is 5.97 Å². The fourth-order valence-corrected chi connectivity index (χ4v) is 2.11. The number of ether oxygens (including phenoxy) is 1. The molecule has 0 aliphatic heterocycles. The Morgan fingerprint density at radius 3 is 2.26 bits per heavy atom. The van der Waals surface area contributed by atoms with E-state index in [1.807, 2.05) is 0 Å². The van der Waals surface area contributed by atoms with Crippen molar-refractivity contribution in [3.05, 3.63) is 65.5 Å². The second-order valence-electron chi connectivity index (χ2n) is 4.90. The van der Waals surface area contributed by atoms with E-state index in [-0.39, 0.29) is 12.0 Å². The number of aliphatic carboxylic acids is 1. The topological polar surface area (TPSA) is 75.6 Å². The maximum atomic E-state index is 12.9. The highest BCUT2D eigenvalue weighted by molar-refractivity contribution is 5.94. The molecule has 0 fully saturated rings. The highest BCUT2D eigenvalue weighted by atomic mass is 19.1. The highest BCUT2D eigenvalue weighted by Crippen LogP contribution is 2.21. The van der Waals surface area contributed by atoms with Crippen LogP contribution >= 0.6 is 0 Å². The largest absolute Gasteiger partial charge is 0.497 e. The van der Waals surface area contributed by atoms with Crippen molar-refractivity contribution in [2.45, 2.75) is 12.5 Å². The van der Waals surface area contributed by atoms with Crippen molar-refractivity contribution in [1.29, 1.82) is 0 Å². The van der Waals surface area contributed by atoms with E-state index in [4.69, 9.17) is 9.84 Å². The van der Waals surface area contributed by atoms with Gasteiger partial charge in [-0.15, -0.1) is 0 Å². The Hall–Kier alpha value is -2.89. The smallest absolute Gasteiger partial charge is 0.305 e. The molecular formula is C17H16FNO4. The summed E-state index contributed by atoms with van der Waals surface area (Å²) in [5, 5.41) is 11.7. The van der Waals surface area contributed by atoms with Gasteiger partial charge in [0.1, 0.15) is 11.6 Å². The molecule has 2 rings (SSSR count). The maximum absolute atomic E-state index is 12.9. The number of carboxylic acid groups (broad SMARTS) is 1. The van der Waals surface area contributed by atoms with Crippen LogP contribution in [0.5, 0.6) is 5.75 Å². The van der Waals surface area contributed by atoms with Crippen LogP contribution in [-0.4, -0.2) is 24.1 Å². The van der Waals surface area contributed by atoms with Gasteiger partial charge in [0.25, 0.3) is 5.91 Å². The van der Waals surface area contributed by atoms with Gasteiger partial charge in [0, 0.05) is 5.56 Å². The molecule has 0 aromatic heterocycles. The Bertz CT molecular complexity index is 683. The van der Waals surface area contributed by atoms with Crippen molar-refractivity contribution >= 4 is 11.9 Å². The van der Waals surface area contributed by atoms with Gasteiger partial charge in [0.2, 0.25) is 0 Å². The average molecular weight is 317 g/mol. The molecule has 0 bridgehead atoms. The number of halogens is 1. The molecule has 0 unspecified atom stereocenters. The Kier molecular flexibility index (Phi) is 5.30. The summed E-state index contributed by atoms with van der Waals surface area (Å²) in [7, 11) is 1.53. The van der Waals surface area contributed by atoms with E-state index in [0.29, 0.717) is 11.3 Å². The number of carbonyl (C=O) groups excluding carboxylic acids is 1. The molecular weight excluding hydrogens is 301 g/mol. The minimum atomic E-state index is -1.04. The standard InChI is InChI=1S/C17H16FNO4/c1-23-14-8-4-11(5-9-14)15(10-16(20)21)19-17(22)12-2-6-13(18)7-3-12/h2-9,15H,10H2,1H3,(H,19,22)(H,20,21)/t15-/m1/s1. The van der Waals surface area contributed by atoms with Gasteiger partial charge in [-0.05, 0) is 42.0 Å².